The molecular formula is C18H27N5O4. The van der Waals surface area contributed by atoms with E-state index >= 15 is 0 Å². The van der Waals surface area contributed by atoms with Gasteiger partial charge in [0.1, 0.15) is 6.54 Å². The van der Waals surface area contributed by atoms with Crippen molar-refractivity contribution in [2.24, 2.45) is 5.92 Å². The molecule has 1 aliphatic heterocycles. The number of nitrogens with zero attached hydrogens (tertiary/aromatic N) is 3. The molecule has 2 heterocycles. The molecule has 3 atom stereocenters. The molecule has 0 unspecified atom stereocenters. The van der Waals surface area contributed by atoms with Crippen LogP contribution in [0.5, 0.6) is 0 Å². The van der Waals surface area contributed by atoms with Gasteiger partial charge in [-0.3, -0.25) is 19.1 Å². The van der Waals surface area contributed by atoms with Crippen LogP contribution in [0.15, 0.2) is 6.07 Å². The zero-order chi connectivity index (χ0) is 19.6. The predicted octanol–water partition coefficient (Wildman–Crippen LogP) is -0.896. The van der Waals surface area contributed by atoms with Gasteiger partial charge in [-0.15, -0.1) is 0 Å². The number of nitrogens with one attached hydrogen (secondary N) is 2. The Hall–Kier alpha value is -2.42. The third kappa shape index (κ3) is 4.65. The van der Waals surface area contributed by atoms with Gasteiger partial charge in [0, 0.05) is 24.7 Å². The van der Waals surface area contributed by atoms with Crippen molar-refractivity contribution >= 4 is 17.7 Å². The van der Waals surface area contributed by atoms with E-state index in [1.54, 1.807) is 9.58 Å². The van der Waals surface area contributed by atoms with Crippen LogP contribution in [0.3, 0.4) is 0 Å². The molecule has 148 valence electrons. The molecule has 3 rings (SSSR count). The van der Waals surface area contributed by atoms with Crippen LogP contribution in [0.25, 0.3) is 0 Å². The van der Waals surface area contributed by atoms with Crippen molar-refractivity contribution in [2.45, 2.75) is 51.8 Å². The molecule has 2 fully saturated rings. The van der Waals surface area contributed by atoms with E-state index in [1.807, 2.05) is 19.9 Å². The average molecular weight is 377 g/mol. The highest BCUT2D eigenvalue weighted by Crippen LogP contribution is 2.28. The first kappa shape index (κ1) is 19.3. The van der Waals surface area contributed by atoms with Crippen molar-refractivity contribution < 1.29 is 19.5 Å². The number of aliphatic hydroxyl groups excluding tert-OH is 1. The normalized spacial score (nSPS) is 25.8. The summed E-state index contributed by atoms with van der Waals surface area (Å²) in [7, 11) is 0. The van der Waals surface area contributed by atoms with Crippen molar-refractivity contribution in [2.75, 3.05) is 19.6 Å². The number of hydrogen-bond donors (Lipinski definition) is 3. The van der Waals surface area contributed by atoms with Gasteiger partial charge < -0.3 is 20.6 Å². The van der Waals surface area contributed by atoms with Crippen molar-refractivity contribution in [3.63, 3.8) is 0 Å². The number of rotatable bonds is 4. The van der Waals surface area contributed by atoms with Crippen LogP contribution >= 0.6 is 0 Å². The lowest BCUT2D eigenvalue weighted by Crippen LogP contribution is -2.42. The molecule has 2 aliphatic rings. The lowest BCUT2D eigenvalue weighted by Gasteiger charge is -2.22. The fraction of sp³-hybridized carbons (Fsp3) is 0.667. The van der Waals surface area contributed by atoms with Gasteiger partial charge in [-0.2, -0.15) is 5.10 Å². The summed E-state index contributed by atoms with van der Waals surface area (Å²) < 4.78 is 1.62. The zero-order valence-electron chi connectivity index (χ0n) is 15.8. The average Bonchev–Trinajstić information content (AvgIpc) is 3.01. The van der Waals surface area contributed by atoms with Gasteiger partial charge in [0.2, 0.25) is 17.7 Å². The van der Waals surface area contributed by atoms with Crippen LogP contribution in [0.2, 0.25) is 0 Å². The molecule has 0 aromatic carbocycles. The lowest BCUT2D eigenvalue weighted by molar-refractivity contribution is -0.138. The molecule has 3 amide bonds. The third-order valence-corrected chi connectivity index (χ3v) is 5.19. The van der Waals surface area contributed by atoms with E-state index < -0.39 is 12.1 Å². The van der Waals surface area contributed by atoms with Crippen LogP contribution in [0.4, 0.5) is 0 Å². The number of carbonyl (C=O) groups is 3. The van der Waals surface area contributed by atoms with E-state index in [0.717, 1.165) is 17.8 Å². The Morgan fingerprint density at radius 1 is 1.37 bits per heavy atom. The molecule has 0 radical (unpaired) electrons. The zero-order valence-corrected chi connectivity index (χ0v) is 15.8. The second kappa shape index (κ2) is 8.08. The fourth-order valence-corrected chi connectivity index (χ4v) is 3.85. The molecule has 1 aliphatic carbocycles. The smallest absolute Gasteiger partial charge is 0.242 e. The molecule has 9 heteroatoms. The van der Waals surface area contributed by atoms with Gasteiger partial charge in [0.25, 0.3) is 0 Å². The predicted molar refractivity (Wildman–Crippen MR) is 96.6 cm³/mol. The molecule has 0 bridgehead atoms. The highest BCUT2D eigenvalue weighted by Gasteiger charge is 2.39. The van der Waals surface area contributed by atoms with E-state index in [0.29, 0.717) is 25.9 Å². The Kier molecular flexibility index (Phi) is 5.79. The molecule has 1 aromatic rings. The molecule has 1 aromatic heterocycles. The largest absolute Gasteiger partial charge is 0.391 e. The maximum absolute atomic E-state index is 12.7. The molecule has 1 saturated carbocycles. The Bertz CT molecular complexity index is 731. The van der Waals surface area contributed by atoms with Gasteiger partial charge in [-0.05, 0) is 39.2 Å². The van der Waals surface area contributed by atoms with E-state index in [2.05, 4.69) is 15.7 Å². The summed E-state index contributed by atoms with van der Waals surface area (Å²) in [5.74, 6) is -0.909. The second-order valence-electron chi connectivity index (χ2n) is 7.46. The highest BCUT2D eigenvalue weighted by atomic mass is 16.3. The first-order valence-corrected chi connectivity index (χ1v) is 9.37. The number of aryl methyl sites for hydroxylation is 2. The maximum atomic E-state index is 12.7. The first-order valence-electron chi connectivity index (χ1n) is 9.37. The minimum absolute atomic E-state index is 0.0559. The van der Waals surface area contributed by atoms with Crippen LogP contribution < -0.4 is 10.6 Å². The van der Waals surface area contributed by atoms with Crippen LogP contribution in [0.1, 0.15) is 30.7 Å². The standard InChI is InChI=1S/C18H27N5O4/c1-11-6-12(2)23(21-11)10-17(26)20-14-7-13(8-15(14)24)18(27)22-5-3-4-19-16(25)9-22/h6,13-15,24H,3-5,7-10H2,1-2H3,(H,19,25)(H,20,26)/t13-,14+,15+/m0/s1. The monoisotopic (exact) mass is 377 g/mol. The van der Waals surface area contributed by atoms with Crippen LogP contribution in [0, 0.1) is 19.8 Å². The van der Waals surface area contributed by atoms with Crippen LogP contribution in [-0.4, -0.2) is 69.3 Å². The Morgan fingerprint density at radius 2 is 2.15 bits per heavy atom. The fourth-order valence-electron chi connectivity index (χ4n) is 3.85. The van der Waals surface area contributed by atoms with Crippen molar-refractivity contribution in [3.05, 3.63) is 17.5 Å². The van der Waals surface area contributed by atoms with Crippen molar-refractivity contribution in [3.8, 4) is 0 Å². The number of aliphatic hydroxyl groups is 1. The van der Waals surface area contributed by atoms with Gasteiger partial charge >= 0.3 is 0 Å². The molecule has 27 heavy (non-hydrogen) atoms. The molecule has 1 saturated heterocycles. The van der Waals surface area contributed by atoms with Gasteiger partial charge in [-0.1, -0.05) is 0 Å². The molecule has 9 nitrogen and oxygen atoms in total. The second-order valence-corrected chi connectivity index (χ2v) is 7.46. The molecule has 0 spiro atoms. The van der Waals surface area contributed by atoms with Gasteiger partial charge in [-0.25, -0.2) is 0 Å². The van der Waals surface area contributed by atoms with E-state index in [9.17, 15) is 19.5 Å². The Morgan fingerprint density at radius 3 is 2.85 bits per heavy atom. The molecular weight excluding hydrogens is 350 g/mol. The Balaban J connectivity index is 1.55. The van der Waals surface area contributed by atoms with Crippen molar-refractivity contribution in [1.82, 2.24) is 25.3 Å². The summed E-state index contributed by atoms with van der Waals surface area (Å²) in [6.07, 6.45) is 0.613. The summed E-state index contributed by atoms with van der Waals surface area (Å²) in [5.41, 5.74) is 1.73. The van der Waals surface area contributed by atoms with E-state index in [-0.39, 0.29) is 36.7 Å². The topological polar surface area (TPSA) is 117 Å². The van der Waals surface area contributed by atoms with E-state index in [4.69, 9.17) is 0 Å². The quantitative estimate of drug-likeness (QED) is 0.629. The van der Waals surface area contributed by atoms with Crippen LogP contribution in [-0.2, 0) is 20.9 Å². The first-order chi connectivity index (χ1) is 12.8. The van der Waals surface area contributed by atoms with Crippen molar-refractivity contribution in [1.29, 1.82) is 0 Å². The Labute approximate surface area is 158 Å². The number of hydrogen-bond acceptors (Lipinski definition) is 5. The summed E-state index contributed by atoms with van der Waals surface area (Å²) in [5, 5.41) is 20.1. The van der Waals surface area contributed by atoms with E-state index in [1.165, 1.54) is 0 Å². The van der Waals surface area contributed by atoms with Gasteiger partial charge in [0.05, 0.1) is 24.4 Å². The maximum Gasteiger partial charge on any atom is 0.242 e. The number of aromatic nitrogens is 2. The molecule has 3 N–H and O–H groups in total. The minimum Gasteiger partial charge on any atom is -0.391 e. The SMILES string of the molecule is Cc1cc(C)n(CC(=O)N[C@@H]2C[C@H](C(=O)N3CCCNC(=O)C3)C[C@H]2O)n1. The van der Waals surface area contributed by atoms with Gasteiger partial charge in [0.15, 0.2) is 0 Å². The number of amides is 3. The summed E-state index contributed by atoms with van der Waals surface area (Å²) >= 11 is 0. The lowest BCUT2D eigenvalue weighted by atomic mass is 10.1. The summed E-state index contributed by atoms with van der Waals surface area (Å²) in [6.45, 7) is 4.97. The number of carbonyl (C=O) groups excluding carboxylic acids is 3. The summed E-state index contributed by atoms with van der Waals surface area (Å²) in [4.78, 5) is 38.3. The summed E-state index contributed by atoms with van der Waals surface area (Å²) in [6, 6.07) is 1.42. The minimum atomic E-state index is -0.774. The highest BCUT2D eigenvalue weighted by molar-refractivity contribution is 5.86. The third-order valence-electron chi connectivity index (χ3n) is 5.19.